The fraction of sp³-hybridized carbons (Fsp3) is 0.692. The molecule has 1 atom stereocenters. The Morgan fingerprint density at radius 1 is 1.50 bits per heavy atom. The lowest BCUT2D eigenvalue weighted by Gasteiger charge is -2.21. The Bertz CT molecular complexity index is 344. The molecule has 100 valence electrons. The Morgan fingerprint density at radius 3 is 3.17 bits per heavy atom. The van der Waals surface area contributed by atoms with Gasteiger partial charge in [0, 0.05) is 32.0 Å². The van der Waals surface area contributed by atoms with Gasteiger partial charge in [0.1, 0.15) is 0 Å². The number of rotatable bonds is 6. The van der Waals surface area contributed by atoms with Crippen molar-refractivity contribution in [1.29, 1.82) is 0 Å². The molecular weight excluding hydrogens is 228 g/mol. The summed E-state index contributed by atoms with van der Waals surface area (Å²) in [5.74, 6) is 0.386. The summed E-state index contributed by atoms with van der Waals surface area (Å²) in [6.07, 6.45) is 9.80. The summed E-state index contributed by atoms with van der Waals surface area (Å²) >= 11 is 0. The Labute approximate surface area is 108 Å². The molecule has 18 heavy (non-hydrogen) atoms. The quantitative estimate of drug-likeness (QED) is 0.734. The van der Waals surface area contributed by atoms with Gasteiger partial charge in [-0.05, 0) is 32.2 Å². The van der Waals surface area contributed by atoms with Crippen LogP contribution in [0.15, 0.2) is 18.7 Å². The van der Waals surface area contributed by atoms with Gasteiger partial charge in [-0.3, -0.25) is 4.79 Å². The molecule has 1 fully saturated rings. The van der Waals surface area contributed by atoms with E-state index in [1.165, 1.54) is 0 Å². The Morgan fingerprint density at radius 2 is 2.44 bits per heavy atom. The number of nitrogens with one attached hydrogen (secondary N) is 2. The third-order valence-electron chi connectivity index (χ3n) is 3.37. The fourth-order valence-electron chi connectivity index (χ4n) is 2.27. The summed E-state index contributed by atoms with van der Waals surface area (Å²) in [6.45, 7) is 3.64. The number of aryl methyl sites for hydroxylation is 1. The number of unbranched alkanes of at least 4 members (excludes halogenated alkanes) is 1. The van der Waals surface area contributed by atoms with Crippen molar-refractivity contribution in [3.8, 4) is 0 Å². The number of hydrogen-bond acceptors (Lipinski definition) is 3. The van der Waals surface area contributed by atoms with Crippen LogP contribution in [0.25, 0.3) is 0 Å². The van der Waals surface area contributed by atoms with Crippen LogP contribution in [0.1, 0.15) is 25.7 Å². The van der Waals surface area contributed by atoms with Gasteiger partial charge in [0.25, 0.3) is 0 Å². The lowest BCUT2D eigenvalue weighted by molar-refractivity contribution is -0.125. The second kappa shape index (κ2) is 7.16. The van der Waals surface area contributed by atoms with E-state index in [0.717, 1.165) is 51.9 Å². The van der Waals surface area contributed by atoms with Gasteiger partial charge in [0.15, 0.2) is 0 Å². The molecule has 1 saturated heterocycles. The number of nitrogens with zero attached hydrogens (tertiary/aromatic N) is 2. The molecule has 0 aromatic carbocycles. The molecule has 2 heterocycles. The monoisotopic (exact) mass is 250 g/mol. The molecule has 2 rings (SSSR count). The van der Waals surface area contributed by atoms with Crippen molar-refractivity contribution in [2.45, 2.75) is 32.2 Å². The summed E-state index contributed by atoms with van der Waals surface area (Å²) in [5, 5.41) is 6.29. The minimum Gasteiger partial charge on any atom is -0.356 e. The van der Waals surface area contributed by atoms with Gasteiger partial charge in [-0.25, -0.2) is 4.98 Å². The maximum Gasteiger partial charge on any atom is 0.224 e. The fourth-order valence-corrected chi connectivity index (χ4v) is 2.27. The molecule has 1 aliphatic heterocycles. The largest absolute Gasteiger partial charge is 0.356 e. The van der Waals surface area contributed by atoms with E-state index in [4.69, 9.17) is 0 Å². The van der Waals surface area contributed by atoms with E-state index in [2.05, 4.69) is 20.2 Å². The molecule has 0 bridgehead atoms. The Kier molecular flexibility index (Phi) is 5.20. The summed E-state index contributed by atoms with van der Waals surface area (Å²) in [4.78, 5) is 15.8. The highest BCUT2D eigenvalue weighted by Gasteiger charge is 2.19. The Balaban J connectivity index is 1.53. The van der Waals surface area contributed by atoms with E-state index < -0.39 is 0 Å². The van der Waals surface area contributed by atoms with E-state index in [1.54, 1.807) is 6.20 Å². The smallest absolute Gasteiger partial charge is 0.224 e. The third kappa shape index (κ3) is 4.14. The highest BCUT2D eigenvalue weighted by atomic mass is 16.1. The van der Waals surface area contributed by atoms with Crippen LogP contribution in [-0.4, -0.2) is 35.1 Å². The average molecular weight is 250 g/mol. The van der Waals surface area contributed by atoms with Crippen LogP contribution in [0.5, 0.6) is 0 Å². The number of piperidine rings is 1. The number of hydrogen-bond donors (Lipinski definition) is 2. The van der Waals surface area contributed by atoms with E-state index in [1.807, 2.05) is 12.5 Å². The first-order chi connectivity index (χ1) is 8.86. The molecule has 5 heteroatoms. The lowest BCUT2D eigenvalue weighted by atomic mass is 9.99. The van der Waals surface area contributed by atoms with Crippen LogP contribution >= 0.6 is 0 Å². The number of imidazole rings is 1. The predicted octanol–water partition coefficient (Wildman–Crippen LogP) is 0.779. The highest BCUT2D eigenvalue weighted by molar-refractivity contribution is 5.78. The van der Waals surface area contributed by atoms with E-state index in [0.29, 0.717) is 0 Å². The van der Waals surface area contributed by atoms with Gasteiger partial charge in [0.2, 0.25) is 5.91 Å². The van der Waals surface area contributed by atoms with Crippen LogP contribution in [0.2, 0.25) is 0 Å². The molecule has 0 radical (unpaired) electrons. The summed E-state index contributed by atoms with van der Waals surface area (Å²) in [6, 6.07) is 0. The van der Waals surface area contributed by atoms with Crippen LogP contribution in [-0.2, 0) is 11.3 Å². The van der Waals surface area contributed by atoms with Crippen LogP contribution < -0.4 is 10.6 Å². The highest BCUT2D eigenvalue weighted by Crippen LogP contribution is 2.09. The first-order valence-electron chi connectivity index (χ1n) is 6.80. The molecule has 0 saturated carbocycles. The van der Waals surface area contributed by atoms with Gasteiger partial charge >= 0.3 is 0 Å². The van der Waals surface area contributed by atoms with E-state index in [-0.39, 0.29) is 11.8 Å². The van der Waals surface area contributed by atoms with Gasteiger partial charge < -0.3 is 15.2 Å². The molecule has 1 aliphatic rings. The molecule has 0 spiro atoms. The van der Waals surface area contributed by atoms with Gasteiger partial charge in [-0.2, -0.15) is 0 Å². The third-order valence-corrected chi connectivity index (χ3v) is 3.37. The number of carbonyl (C=O) groups excluding carboxylic acids is 1. The number of aromatic nitrogens is 2. The molecule has 0 aliphatic carbocycles. The number of amides is 1. The first-order valence-corrected chi connectivity index (χ1v) is 6.80. The van der Waals surface area contributed by atoms with Gasteiger partial charge in [-0.1, -0.05) is 0 Å². The van der Waals surface area contributed by atoms with Crippen molar-refractivity contribution in [3.05, 3.63) is 18.7 Å². The van der Waals surface area contributed by atoms with Crippen LogP contribution in [0, 0.1) is 5.92 Å². The minimum atomic E-state index is 0.174. The van der Waals surface area contributed by atoms with Crippen LogP contribution in [0.4, 0.5) is 0 Å². The number of carbonyl (C=O) groups is 1. The van der Waals surface area contributed by atoms with Gasteiger partial charge in [0.05, 0.1) is 12.2 Å². The van der Waals surface area contributed by atoms with E-state index in [9.17, 15) is 4.79 Å². The zero-order chi connectivity index (χ0) is 12.6. The molecule has 1 amide bonds. The minimum absolute atomic E-state index is 0.174. The van der Waals surface area contributed by atoms with Crippen molar-refractivity contribution in [2.75, 3.05) is 19.6 Å². The van der Waals surface area contributed by atoms with Crippen molar-refractivity contribution >= 4 is 5.91 Å². The summed E-state index contributed by atoms with van der Waals surface area (Å²) in [5.41, 5.74) is 0. The zero-order valence-electron chi connectivity index (χ0n) is 10.8. The molecule has 5 nitrogen and oxygen atoms in total. The van der Waals surface area contributed by atoms with Crippen molar-refractivity contribution in [3.63, 3.8) is 0 Å². The second-order valence-electron chi connectivity index (χ2n) is 4.84. The van der Waals surface area contributed by atoms with Crippen molar-refractivity contribution in [1.82, 2.24) is 20.2 Å². The lowest BCUT2D eigenvalue weighted by Crippen LogP contribution is -2.40. The zero-order valence-corrected chi connectivity index (χ0v) is 10.8. The normalized spacial score (nSPS) is 19.7. The molecule has 0 unspecified atom stereocenters. The standard InChI is InChI=1S/C13H22N4O/c18-13(12-4-3-5-14-10-12)16-6-1-2-8-17-9-7-15-11-17/h7,9,11-12,14H,1-6,8,10H2,(H,16,18)/t12-/m0/s1. The Hall–Kier alpha value is -1.36. The average Bonchev–Trinajstić information content (AvgIpc) is 2.92. The van der Waals surface area contributed by atoms with Gasteiger partial charge in [-0.15, -0.1) is 0 Å². The second-order valence-corrected chi connectivity index (χ2v) is 4.84. The first kappa shape index (κ1) is 13.1. The SMILES string of the molecule is O=C(NCCCCn1ccnc1)[C@H]1CCCNC1. The predicted molar refractivity (Wildman–Crippen MR) is 70.1 cm³/mol. The summed E-state index contributed by atoms with van der Waals surface area (Å²) < 4.78 is 2.06. The molecular formula is C13H22N4O. The maximum absolute atomic E-state index is 11.8. The van der Waals surface area contributed by atoms with Crippen molar-refractivity contribution in [2.24, 2.45) is 5.92 Å². The summed E-state index contributed by atoms with van der Waals surface area (Å²) in [7, 11) is 0. The van der Waals surface area contributed by atoms with Crippen LogP contribution in [0.3, 0.4) is 0 Å². The maximum atomic E-state index is 11.8. The molecule has 1 aromatic heterocycles. The van der Waals surface area contributed by atoms with E-state index >= 15 is 0 Å². The van der Waals surface area contributed by atoms with Crippen molar-refractivity contribution < 1.29 is 4.79 Å². The molecule has 2 N–H and O–H groups in total. The molecule has 1 aromatic rings. The topological polar surface area (TPSA) is 59.0 Å².